The van der Waals surface area contributed by atoms with Gasteiger partial charge in [0, 0.05) is 12.2 Å². The summed E-state index contributed by atoms with van der Waals surface area (Å²) in [6.07, 6.45) is 0. The van der Waals surface area contributed by atoms with Crippen LogP contribution >= 0.6 is 0 Å². The van der Waals surface area contributed by atoms with E-state index in [1.165, 1.54) is 0 Å². The van der Waals surface area contributed by atoms with Crippen molar-refractivity contribution in [3.05, 3.63) is 83.2 Å². The van der Waals surface area contributed by atoms with Gasteiger partial charge in [-0.1, -0.05) is 30.3 Å². The Kier molecular flexibility index (Phi) is 4.99. The lowest BCUT2D eigenvalue weighted by molar-refractivity contribution is 0.0952. The maximum atomic E-state index is 13.0. The molecule has 0 saturated heterocycles. The monoisotopic (exact) mass is 386 g/mol. The number of carbonyl (C=O) groups excluding carboxylic acids is 1. The SMILES string of the molecule is COc1cccc(CNC(=O)c2cc(C)nc3c2c(C)nn3-c2ccccc2)c1. The highest BCUT2D eigenvalue weighted by atomic mass is 16.5. The first kappa shape index (κ1) is 18.7. The molecule has 0 unspecified atom stereocenters. The lowest BCUT2D eigenvalue weighted by atomic mass is 10.1. The number of amides is 1. The van der Waals surface area contributed by atoms with Crippen LogP contribution in [0.15, 0.2) is 60.7 Å². The van der Waals surface area contributed by atoms with E-state index in [0.29, 0.717) is 17.8 Å². The number of hydrogen-bond acceptors (Lipinski definition) is 4. The third-order valence-electron chi connectivity index (χ3n) is 4.77. The van der Waals surface area contributed by atoms with E-state index >= 15 is 0 Å². The third kappa shape index (κ3) is 3.69. The Balaban J connectivity index is 1.70. The number of nitrogens with one attached hydrogen (secondary N) is 1. The van der Waals surface area contributed by atoms with Gasteiger partial charge in [-0.05, 0) is 49.7 Å². The first-order valence-corrected chi connectivity index (χ1v) is 9.40. The highest BCUT2D eigenvalue weighted by Crippen LogP contribution is 2.25. The lowest BCUT2D eigenvalue weighted by Crippen LogP contribution is -2.23. The van der Waals surface area contributed by atoms with Gasteiger partial charge in [0.05, 0.1) is 29.4 Å². The smallest absolute Gasteiger partial charge is 0.252 e. The average molecular weight is 386 g/mol. The van der Waals surface area contributed by atoms with Gasteiger partial charge in [0.2, 0.25) is 0 Å². The second-order valence-electron chi connectivity index (χ2n) is 6.88. The Hall–Kier alpha value is -3.67. The van der Waals surface area contributed by atoms with Gasteiger partial charge in [0.1, 0.15) is 5.75 Å². The van der Waals surface area contributed by atoms with Crippen LogP contribution in [-0.2, 0) is 6.54 Å². The van der Waals surface area contributed by atoms with Crippen LogP contribution in [0.3, 0.4) is 0 Å². The van der Waals surface area contributed by atoms with Gasteiger partial charge in [-0.2, -0.15) is 5.10 Å². The van der Waals surface area contributed by atoms with Crippen LogP contribution < -0.4 is 10.1 Å². The Labute approximate surface area is 169 Å². The summed E-state index contributed by atoms with van der Waals surface area (Å²) < 4.78 is 7.04. The van der Waals surface area contributed by atoms with E-state index in [2.05, 4.69) is 15.4 Å². The van der Waals surface area contributed by atoms with Crippen molar-refractivity contribution in [1.82, 2.24) is 20.1 Å². The number of ether oxygens (including phenoxy) is 1. The molecule has 1 amide bonds. The molecule has 29 heavy (non-hydrogen) atoms. The summed E-state index contributed by atoms with van der Waals surface area (Å²) in [5.41, 5.74) is 4.67. The zero-order chi connectivity index (χ0) is 20.4. The Morgan fingerprint density at radius 2 is 1.86 bits per heavy atom. The molecule has 2 aromatic carbocycles. The van der Waals surface area contributed by atoms with E-state index in [0.717, 1.165) is 33.8 Å². The van der Waals surface area contributed by atoms with Crippen LogP contribution in [-0.4, -0.2) is 27.8 Å². The fourth-order valence-corrected chi connectivity index (χ4v) is 3.40. The Morgan fingerprint density at radius 3 is 2.62 bits per heavy atom. The summed E-state index contributed by atoms with van der Waals surface area (Å²) in [5, 5.41) is 8.41. The van der Waals surface area contributed by atoms with Crippen LogP contribution in [0.1, 0.15) is 27.3 Å². The van der Waals surface area contributed by atoms with Crippen LogP contribution in [0.5, 0.6) is 5.75 Å². The Bertz CT molecular complexity index is 1180. The zero-order valence-corrected chi connectivity index (χ0v) is 16.6. The zero-order valence-electron chi connectivity index (χ0n) is 16.6. The minimum Gasteiger partial charge on any atom is -0.497 e. The van der Waals surface area contributed by atoms with Gasteiger partial charge in [0.25, 0.3) is 5.91 Å². The van der Waals surface area contributed by atoms with E-state index in [1.807, 2.05) is 74.5 Å². The molecular formula is C23H22N4O2. The number of carbonyl (C=O) groups is 1. The number of aromatic nitrogens is 3. The summed E-state index contributed by atoms with van der Waals surface area (Å²) in [5.74, 6) is 0.609. The van der Waals surface area contributed by atoms with Gasteiger partial charge in [-0.25, -0.2) is 9.67 Å². The molecule has 2 aromatic heterocycles. The molecule has 0 radical (unpaired) electrons. The quantitative estimate of drug-likeness (QED) is 0.563. The number of methoxy groups -OCH3 is 1. The number of aryl methyl sites for hydroxylation is 2. The van der Waals surface area contributed by atoms with Crippen LogP contribution in [0.2, 0.25) is 0 Å². The Morgan fingerprint density at radius 1 is 1.07 bits per heavy atom. The van der Waals surface area contributed by atoms with Crippen LogP contribution in [0.4, 0.5) is 0 Å². The largest absolute Gasteiger partial charge is 0.497 e. The molecule has 0 aliphatic heterocycles. The molecule has 0 spiro atoms. The van der Waals surface area contributed by atoms with Crippen LogP contribution in [0.25, 0.3) is 16.7 Å². The molecule has 4 rings (SSSR count). The minimum atomic E-state index is -0.154. The number of fused-ring (bicyclic) bond motifs is 1. The highest BCUT2D eigenvalue weighted by Gasteiger charge is 2.19. The van der Waals surface area contributed by atoms with E-state index in [-0.39, 0.29) is 5.91 Å². The van der Waals surface area contributed by atoms with Gasteiger partial charge in [0.15, 0.2) is 5.65 Å². The molecule has 146 valence electrons. The number of nitrogens with zero attached hydrogens (tertiary/aromatic N) is 3. The fraction of sp³-hybridized carbons (Fsp3) is 0.174. The number of pyridine rings is 1. The van der Waals surface area contributed by atoms with E-state index in [9.17, 15) is 4.79 Å². The summed E-state index contributed by atoms with van der Waals surface area (Å²) in [4.78, 5) is 17.7. The van der Waals surface area contributed by atoms with Crippen molar-refractivity contribution in [1.29, 1.82) is 0 Å². The first-order chi connectivity index (χ1) is 14.1. The third-order valence-corrected chi connectivity index (χ3v) is 4.77. The molecule has 4 aromatic rings. The second kappa shape index (κ2) is 7.75. The van der Waals surface area contributed by atoms with Crippen LogP contribution in [0, 0.1) is 13.8 Å². The summed E-state index contributed by atoms with van der Waals surface area (Å²) >= 11 is 0. The molecule has 0 fully saturated rings. The molecular weight excluding hydrogens is 364 g/mol. The van der Waals surface area contributed by atoms with Crippen molar-refractivity contribution in [2.75, 3.05) is 7.11 Å². The standard InChI is InChI=1S/C23H22N4O2/c1-15-12-20(23(28)24-14-17-8-7-11-19(13-17)29-3)21-16(2)26-27(22(21)25-15)18-9-5-4-6-10-18/h4-13H,14H2,1-3H3,(H,24,28). The normalized spacial score (nSPS) is 10.9. The molecule has 0 bridgehead atoms. The van der Waals surface area contributed by atoms with Gasteiger partial charge in [-0.15, -0.1) is 0 Å². The molecule has 0 aliphatic carbocycles. The lowest BCUT2D eigenvalue weighted by Gasteiger charge is -2.09. The summed E-state index contributed by atoms with van der Waals surface area (Å²) in [6.45, 7) is 4.19. The number of rotatable bonds is 5. The van der Waals surface area contributed by atoms with Crippen molar-refractivity contribution in [3.63, 3.8) is 0 Å². The van der Waals surface area contributed by atoms with E-state index < -0.39 is 0 Å². The van der Waals surface area contributed by atoms with Crippen molar-refractivity contribution in [2.24, 2.45) is 0 Å². The minimum absolute atomic E-state index is 0.154. The van der Waals surface area contributed by atoms with E-state index in [4.69, 9.17) is 4.74 Å². The predicted molar refractivity (Wildman–Crippen MR) is 113 cm³/mol. The van der Waals surface area contributed by atoms with Gasteiger partial charge in [-0.3, -0.25) is 4.79 Å². The van der Waals surface area contributed by atoms with Gasteiger partial charge < -0.3 is 10.1 Å². The topological polar surface area (TPSA) is 69.0 Å². The maximum absolute atomic E-state index is 13.0. The molecule has 1 N–H and O–H groups in total. The van der Waals surface area contributed by atoms with E-state index in [1.54, 1.807) is 11.8 Å². The highest BCUT2D eigenvalue weighted by molar-refractivity contribution is 6.06. The second-order valence-corrected chi connectivity index (χ2v) is 6.88. The number of benzene rings is 2. The number of para-hydroxylation sites is 1. The fourth-order valence-electron chi connectivity index (χ4n) is 3.40. The molecule has 0 saturated carbocycles. The number of hydrogen-bond donors (Lipinski definition) is 1. The maximum Gasteiger partial charge on any atom is 0.252 e. The first-order valence-electron chi connectivity index (χ1n) is 9.40. The molecule has 0 aliphatic rings. The molecule has 2 heterocycles. The predicted octanol–water partition coefficient (Wildman–Crippen LogP) is 3.98. The molecule has 0 atom stereocenters. The van der Waals surface area contributed by atoms with Crippen molar-refractivity contribution in [2.45, 2.75) is 20.4 Å². The summed E-state index contributed by atoms with van der Waals surface area (Å²) in [7, 11) is 1.63. The summed E-state index contributed by atoms with van der Waals surface area (Å²) in [6, 6.07) is 19.3. The molecule has 6 heteroatoms. The average Bonchev–Trinajstić information content (AvgIpc) is 3.08. The van der Waals surface area contributed by atoms with Crippen molar-refractivity contribution < 1.29 is 9.53 Å². The van der Waals surface area contributed by atoms with Crippen molar-refractivity contribution >= 4 is 16.9 Å². The molecule has 6 nitrogen and oxygen atoms in total. The van der Waals surface area contributed by atoms with Crippen molar-refractivity contribution in [3.8, 4) is 11.4 Å². The van der Waals surface area contributed by atoms with Gasteiger partial charge >= 0.3 is 0 Å².